The molecule has 0 aliphatic carbocycles. The highest BCUT2D eigenvalue weighted by Gasteiger charge is 2.28. The van der Waals surface area contributed by atoms with E-state index < -0.39 is 0 Å². The van der Waals surface area contributed by atoms with Crippen LogP contribution >= 0.6 is 11.3 Å². The Balaban J connectivity index is 1.51. The van der Waals surface area contributed by atoms with Crippen LogP contribution in [0.2, 0.25) is 0 Å². The van der Waals surface area contributed by atoms with Crippen molar-refractivity contribution in [1.29, 1.82) is 0 Å². The predicted molar refractivity (Wildman–Crippen MR) is 84.7 cm³/mol. The van der Waals surface area contributed by atoms with Crippen LogP contribution in [0.5, 0.6) is 11.5 Å². The summed E-state index contributed by atoms with van der Waals surface area (Å²) in [5.74, 6) is 1.39. The quantitative estimate of drug-likeness (QED) is 0.874. The molecule has 114 valence electrons. The van der Waals surface area contributed by atoms with Crippen molar-refractivity contribution in [2.24, 2.45) is 0 Å². The van der Waals surface area contributed by atoms with Crippen molar-refractivity contribution in [3.63, 3.8) is 0 Å². The first-order chi connectivity index (χ1) is 10.7. The molecule has 1 atom stereocenters. The number of rotatable bonds is 1. The number of nitrogens with zero attached hydrogens (tertiary/aromatic N) is 1. The lowest BCUT2D eigenvalue weighted by Crippen LogP contribution is -2.40. The van der Waals surface area contributed by atoms with Gasteiger partial charge in [0.05, 0.1) is 6.04 Å². The normalized spacial score (nSPS) is 19.0. The van der Waals surface area contributed by atoms with Crippen LogP contribution in [0.25, 0.3) is 0 Å². The molecule has 1 aromatic heterocycles. The fraction of sp³-hybridized carbons (Fsp3) is 0.312. The van der Waals surface area contributed by atoms with E-state index in [9.17, 15) is 4.79 Å². The fourth-order valence-electron chi connectivity index (χ4n) is 2.96. The van der Waals surface area contributed by atoms with E-state index >= 15 is 0 Å². The Morgan fingerprint density at radius 3 is 3.09 bits per heavy atom. The van der Waals surface area contributed by atoms with E-state index in [1.165, 1.54) is 10.4 Å². The standard InChI is InChI=1S/C16H16N2O3S/c1-10-12-5-7-22-15(12)4-6-18(10)16(19)17-11-2-3-13-14(8-11)21-9-20-13/h2-3,5,7-8,10H,4,6,9H2,1H3,(H,17,19)/t10-/m1/s1. The molecule has 0 unspecified atom stereocenters. The summed E-state index contributed by atoms with van der Waals surface area (Å²) in [7, 11) is 0. The summed E-state index contributed by atoms with van der Waals surface area (Å²) >= 11 is 1.77. The van der Waals surface area contributed by atoms with E-state index in [0.717, 1.165) is 18.7 Å². The number of anilines is 1. The van der Waals surface area contributed by atoms with Gasteiger partial charge in [0.2, 0.25) is 6.79 Å². The van der Waals surface area contributed by atoms with Crippen LogP contribution in [-0.4, -0.2) is 24.3 Å². The van der Waals surface area contributed by atoms with Crippen molar-refractivity contribution < 1.29 is 14.3 Å². The molecule has 2 aliphatic heterocycles. The number of hydrogen-bond acceptors (Lipinski definition) is 4. The van der Waals surface area contributed by atoms with E-state index in [4.69, 9.17) is 9.47 Å². The average Bonchev–Trinajstić information content (AvgIpc) is 3.15. The lowest BCUT2D eigenvalue weighted by atomic mass is 10.0. The maximum Gasteiger partial charge on any atom is 0.322 e. The molecular formula is C16H16N2O3S. The number of carbonyl (C=O) groups excluding carboxylic acids is 1. The Labute approximate surface area is 132 Å². The van der Waals surface area contributed by atoms with Crippen LogP contribution in [0.3, 0.4) is 0 Å². The number of amides is 2. The van der Waals surface area contributed by atoms with E-state index in [-0.39, 0.29) is 18.9 Å². The first-order valence-corrected chi connectivity index (χ1v) is 8.14. The minimum Gasteiger partial charge on any atom is -0.454 e. The fourth-order valence-corrected chi connectivity index (χ4v) is 3.92. The molecule has 22 heavy (non-hydrogen) atoms. The van der Waals surface area contributed by atoms with Gasteiger partial charge in [-0.2, -0.15) is 0 Å². The Kier molecular flexibility index (Phi) is 3.18. The van der Waals surface area contributed by atoms with Crippen LogP contribution in [0, 0.1) is 0 Å². The third kappa shape index (κ3) is 2.20. The van der Waals surface area contributed by atoms with Gasteiger partial charge in [-0.25, -0.2) is 4.79 Å². The van der Waals surface area contributed by atoms with E-state index in [1.807, 2.05) is 17.0 Å². The lowest BCUT2D eigenvalue weighted by Gasteiger charge is -2.33. The molecule has 4 rings (SSSR count). The van der Waals surface area contributed by atoms with Crippen LogP contribution in [0.4, 0.5) is 10.5 Å². The summed E-state index contributed by atoms with van der Waals surface area (Å²) in [5, 5.41) is 5.05. The van der Waals surface area contributed by atoms with Crippen molar-refractivity contribution in [3.8, 4) is 11.5 Å². The van der Waals surface area contributed by atoms with Crippen LogP contribution in [0.1, 0.15) is 23.4 Å². The zero-order valence-corrected chi connectivity index (χ0v) is 13.0. The number of nitrogens with one attached hydrogen (secondary N) is 1. The van der Waals surface area contributed by atoms with Gasteiger partial charge in [0, 0.05) is 23.2 Å². The molecule has 0 fully saturated rings. The molecule has 3 heterocycles. The Hall–Kier alpha value is -2.21. The molecule has 2 aliphatic rings. The summed E-state index contributed by atoms with van der Waals surface area (Å²) in [6.45, 7) is 3.05. The van der Waals surface area contributed by atoms with Gasteiger partial charge in [-0.1, -0.05) is 0 Å². The van der Waals surface area contributed by atoms with Gasteiger partial charge in [-0.3, -0.25) is 0 Å². The summed E-state index contributed by atoms with van der Waals surface area (Å²) in [5.41, 5.74) is 1.98. The van der Waals surface area contributed by atoms with Crippen LogP contribution < -0.4 is 14.8 Å². The zero-order valence-electron chi connectivity index (χ0n) is 12.2. The Morgan fingerprint density at radius 1 is 1.32 bits per heavy atom. The van der Waals surface area contributed by atoms with Crippen molar-refractivity contribution in [2.45, 2.75) is 19.4 Å². The monoisotopic (exact) mass is 316 g/mol. The predicted octanol–water partition coefficient (Wildman–Crippen LogP) is 3.63. The summed E-state index contributed by atoms with van der Waals surface area (Å²) in [6.07, 6.45) is 0.923. The van der Waals surface area contributed by atoms with Crippen molar-refractivity contribution in [3.05, 3.63) is 40.1 Å². The second-order valence-electron chi connectivity index (χ2n) is 5.42. The number of benzene rings is 1. The van der Waals surface area contributed by atoms with Crippen molar-refractivity contribution >= 4 is 23.1 Å². The van der Waals surface area contributed by atoms with Gasteiger partial charge in [-0.15, -0.1) is 11.3 Å². The number of thiophene rings is 1. The van der Waals surface area contributed by atoms with Crippen LogP contribution in [-0.2, 0) is 6.42 Å². The van der Waals surface area contributed by atoms with Gasteiger partial charge in [-0.05, 0) is 42.5 Å². The maximum absolute atomic E-state index is 12.6. The third-order valence-electron chi connectivity index (χ3n) is 4.16. The minimum absolute atomic E-state index is 0.0804. The number of urea groups is 1. The molecule has 2 aromatic rings. The summed E-state index contributed by atoms with van der Waals surface area (Å²) < 4.78 is 10.6. The van der Waals surface area contributed by atoms with E-state index in [1.54, 1.807) is 17.4 Å². The van der Waals surface area contributed by atoms with E-state index in [0.29, 0.717) is 11.5 Å². The number of carbonyl (C=O) groups is 1. The molecule has 0 saturated heterocycles. The molecule has 0 spiro atoms. The molecule has 0 radical (unpaired) electrons. The number of ether oxygens (including phenoxy) is 2. The van der Waals surface area contributed by atoms with Crippen molar-refractivity contribution in [2.75, 3.05) is 18.7 Å². The second kappa shape index (κ2) is 5.21. The molecule has 0 bridgehead atoms. The highest BCUT2D eigenvalue weighted by molar-refractivity contribution is 7.10. The minimum atomic E-state index is -0.0804. The highest BCUT2D eigenvalue weighted by atomic mass is 32.1. The Bertz CT molecular complexity index is 728. The first-order valence-electron chi connectivity index (χ1n) is 7.26. The SMILES string of the molecule is C[C@@H]1c2ccsc2CCN1C(=O)Nc1ccc2c(c1)OCO2. The van der Waals surface area contributed by atoms with Gasteiger partial charge < -0.3 is 19.7 Å². The van der Waals surface area contributed by atoms with Crippen molar-refractivity contribution in [1.82, 2.24) is 4.90 Å². The topological polar surface area (TPSA) is 50.8 Å². The smallest absolute Gasteiger partial charge is 0.322 e. The summed E-state index contributed by atoms with van der Waals surface area (Å²) in [6, 6.07) is 7.58. The first kappa shape index (κ1) is 13.5. The lowest BCUT2D eigenvalue weighted by molar-refractivity contribution is 0.174. The van der Waals surface area contributed by atoms with E-state index in [2.05, 4.69) is 23.7 Å². The summed E-state index contributed by atoms with van der Waals surface area (Å²) in [4.78, 5) is 15.8. The number of fused-ring (bicyclic) bond motifs is 2. The Morgan fingerprint density at radius 2 is 2.18 bits per heavy atom. The average molecular weight is 316 g/mol. The zero-order chi connectivity index (χ0) is 15.1. The molecule has 5 nitrogen and oxygen atoms in total. The molecule has 2 amide bonds. The third-order valence-corrected chi connectivity index (χ3v) is 5.16. The molecule has 6 heteroatoms. The van der Waals surface area contributed by atoms with Gasteiger partial charge >= 0.3 is 6.03 Å². The van der Waals surface area contributed by atoms with Gasteiger partial charge in [0.15, 0.2) is 11.5 Å². The van der Waals surface area contributed by atoms with Crippen LogP contribution in [0.15, 0.2) is 29.6 Å². The van der Waals surface area contributed by atoms with Gasteiger partial charge in [0.25, 0.3) is 0 Å². The molecule has 1 aromatic carbocycles. The molecule has 0 saturated carbocycles. The number of hydrogen-bond donors (Lipinski definition) is 1. The maximum atomic E-state index is 12.6. The van der Waals surface area contributed by atoms with Gasteiger partial charge in [0.1, 0.15) is 0 Å². The largest absolute Gasteiger partial charge is 0.454 e. The highest BCUT2D eigenvalue weighted by Crippen LogP contribution is 2.35. The molecule has 1 N–H and O–H groups in total. The molecular weight excluding hydrogens is 300 g/mol. The second-order valence-corrected chi connectivity index (χ2v) is 6.42.